The van der Waals surface area contributed by atoms with Crippen LogP contribution in [-0.2, 0) is 22.8 Å². The SMILES string of the molecule is Cc1n[nH]cc1-c1ccc(C2(c3nnc4n3CCSC(C)(CO[Si](C)(C)C(C)(C)C)C4)CC2)cc1. The Morgan fingerprint density at radius 1 is 1.14 bits per heavy atom. The highest BCUT2D eigenvalue weighted by molar-refractivity contribution is 8.00. The Labute approximate surface area is 214 Å². The van der Waals surface area contributed by atoms with Crippen LogP contribution in [0.4, 0.5) is 0 Å². The number of benzene rings is 1. The summed E-state index contributed by atoms with van der Waals surface area (Å²) in [6, 6.07) is 8.99. The fourth-order valence-corrected chi connectivity index (χ4v) is 7.21. The summed E-state index contributed by atoms with van der Waals surface area (Å²) < 4.78 is 9.11. The van der Waals surface area contributed by atoms with Crippen LogP contribution in [0.15, 0.2) is 30.5 Å². The minimum atomic E-state index is -1.79. The summed E-state index contributed by atoms with van der Waals surface area (Å²) in [5.41, 5.74) is 4.73. The number of aromatic amines is 1. The highest BCUT2D eigenvalue weighted by Gasteiger charge is 2.51. The molecular formula is C27H39N5OSSi. The zero-order chi connectivity index (χ0) is 25.1. The van der Waals surface area contributed by atoms with Crippen molar-refractivity contribution in [2.75, 3.05) is 12.4 Å². The second kappa shape index (κ2) is 8.59. The number of rotatable bonds is 6. The van der Waals surface area contributed by atoms with Gasteiger partial charge in [0, 0.05) is 41.8 Å². The summed E-state index contributed by atoms with van der Waals surface area (Å²) in [4.78, 5) is 0. The lowest BCUT2D eigenvalue weighted by Gasteiger charge is -2.39. The van der Waals surface area contributed by atoms with Gasteiger partial charge in [-0.25, -0.2) is 0 Å². The van der Waals surface area contributed by atoms with Crippen molar-refractivity contribution in [2.45, 2.75) is 88.7 Å². The molecule has 1 aliphatic heterocycles. The van der Waals surface area contributed by atoms with Gasteiger partial charge < -0.3 is 8.99 Å². The van der Waals surface area contributed by atoms with Gasteiger partial charge in [-0.05, 0) is 55.9 Å². The lowest BCUT2D eigenvalue weighted by Crippen LogP contribution is -2.45. The van der Waals surface area contributed by atoms with Crippen molar-refractivity contribution in [3.05, 3.63) is 53.4 Å². The van der Waals surface area contributed by atoms with E-state index < -0.39 is 8.32 Å². The van der Waals surface area contributed by atoms with Crippen LogP contribution in [0.5, 0.6) is 0 Å². The lowest BCUT2D eigenvalue weighted by molar-refractivity contribution is 0.252. The second-order valence-corrected chi connectivity index (χ2v) is 18.7. The maximum atomic E-state index is 6.67. The summed E-state index contributed by atoms with van der Waals surface area (Å²) in [5.74, 6) is 3.32. The molecule has 2 aliphatic rings. The smallest absolute Gasteiger partial charge is 0.192 e. The van der Waals surface area contributed by atoms with Crippen molar-refractivity contribution in [1.29, 1.82) is 0 Å². The molecule has 188 valence electrons. The molecule has 0 bridgehead atoms. The van der Waals surface area contributed by atoms with Crippen molar-refractivity contribution >= 4 is 20.1 Å². The van der Waals surface area contributed by atoms with Crippen molar-refractivity contribution < 1.29 is 4.43 Å². The molecule has 0 amide bonds. The Morgan fingerprint density at radius 3 is 2.46 bits per heavy atom. The first-order valence-electron chi connectivity index (χ1n) is 12.8. The summed E-state index contributed by atoms with van der Waals surface area (Å²) in [5, 5.41) is 17.0. The molecule has 3 aromatic rings. The van der Waals surface area contributed by atoms with Crippen LogP contribution in [0, 0.1) is 6.92 Å². The number of thioether (sulfide) groups is 1. The molecule has 1 aliphatic carbocycles. The first kappa shape index (κ1) is 24.8. The number of aryl methyl sites for hydroxylation is 1. The lowest BCUT2D eigenvalue weighted by atomic mass is 9.93. The topological polar surface area (TPSA) is 68.6 Å². The van der Waals surface area contributed by atoms with Gasteiger partial charge in [0.2, 0.25) is 0 Å². The Bertz CT molecular complexity index is 1210. The van der Waals surface area contributed by atoms with Gasteiger partial charge in [0.05, 0.1) is 11.1 Å². The molecule has 1 fully saturated rings. The Morgan fingerprint density at radius 2 is 1.86 bits per heavy atom. The molecule has 1 unspecified atom stereocenters. The van der Waals surface area contributed by atoms with Crippen LogP contribution >= 0.6 is 11.8 Å². The molecule has 1 saturated carbocycles. The highest BCUT2D eigenvalue weighted by atomic mass is 32.2. The van der Waals surface area contributed by atoms with Crippen molar-refractivity contribution in [2.24, 2.45) is 0 Å². The molecule has 0 spiro atoms. The molecule has 6 nitrogen and oxygen atoms in total. The van der Waals surface area contributed by atoms with Crippen LogP contribution in [0.25, 0.3) is 11.1 Å². The summed E-state index contributed by atoms with van der Waals surface area (Å²) in [6.07, 6.45) is 5.13. The quantitative estimate of drug-likeness (QED) is 0.405. The van der Waals surface area contributed by atoms with E-state index in [2.05, 4.69) is 79.8 Å². The van der Waals surface area contributed by atoms with E-state index in [-0.39, 0.29) is 15.2 Å². The normalized spacial score (nSPS) is 22.0. The van der Waals surface area contributed by atoms with E-state index >= 15 is 0 Å². The van der Waals surface area contributed by atoms with E-state index in [1.165, 1.54) is 11.1 Å². The van der Waals surface area contributed by atoms with Crippen molar-refractivity contribution in [3.63, 3.8) is 0 Å². The molecule has 1 atom stereocenters. The third kappa shape index (κ3) is 4.53. The minimum absolute atomic E-state index is 0.00172. The van der Waals surface area contributed by atoms with Crippen LogP contribution in [-0.4, -0.2) is 50.4 Å². The first-order valence-corrected chi connectivity index (χ1v) is 16.7. The highest BCUT2D eigenvalue weighted by Crippen LogP contribution is 2.53. The maximum Gasteiger partial charge on any atom is 0.192 e. The molecule has 8 heteroatoms. The third-order valence-electron chi connectivity index (χ3n) is 8.43. The zero-order valence-electron chi connectivity index (χ0n) is 22.2. The summed E-state index contributed by atoms with van der Waals surface area (Å²) >= 11 is 2.04. The average molecular weight is 510 g/mol. The molecule has 5 rings (SSSR count). The fraction of sp³-hybridized carbons (Fsp3) is 0.593. The molecule has 2 aromatic heterocycles. The number of hydrogen-bond donors (Lipinski definition) is 1. The number of hydrogen-bond acceptors (Lipinski definition) is 5. The Hall–Kier alpha value is -1.90. The minimum Gasteiger partial charge on any atom is -0.415 e. The zero-order valence-corrected chi connectivity index (χ0v) is 24.1. The van der Waals surface area contributed by atoms with E-state index in [0.29, 0.717) is 0 Å². The van der Waals surface area contributed by atoms with Gasteiger partial charge in [-0.15, -0.1) is 10.2 Å². The van der Waals surface area contributed by atoms with Crippen LogP contribution in [0.1, 0.15) is 63.4 Å². The molecule has 35 heavy (non-hydrogen) atoms. The average Bonchev–Trinajstić information content (AvgIpc) is 3.40. The van der Waals surface area contributed by atoms with E-state index in [1.807, 2.05) is 24.9 Å². The van der Waals surface area contributed by atoms with Gasteiger partial charge >= 0.3 is 0 Å². The Balaban J connectivity index is 1.37. The number of nitrogens with zero attached hydrogens (tertiary/aromatic N) is 4. The molecule has 3 heterocycles. The largest absolute Gasteiger partial charge is 0.415 e. The fourth-order valence-electron chi connectivity index (χ4n) is 4.85. The van der Waals surface area contributed by atoms with E-state index in [1.54, 1.807) is 0 Å². The standard InChI is InChI=1S/C27H39N5OSSi/c1-19-22(17-28-29-19)20-8-10-21(11-9-20)27(12-13-27)24-31-30-23-16-26(5,34-15-14-32(23)24)18-33-35(6,7)25(2,3)4/h8-11,17H,12-16,18H2,1-7H3,(H,28,29). The van der Waals surface area contributed by atoms with Crippen LogP contribution in [0.2, 0.25) is 18.1 Å². The summed E-state index contributed by atoms with van der Waals surface area (Å²) in [6.45, 7) is 17.7. The maximum absolute atomic E-state index is 6.67. The van der Waals surface area contributed by atoms with Crippen molar-refractivity contribution in [3.8, 4) is 11.1 Å². The van der Waals surface area contributed by atoms with Crippen molar-refractivity contribution in [1.82, 2.24) is 25.0 Å². The van der Waals surface area contributed by atoms with Gasteiger partial charge in [-0.3, -0.25) is 5.10 Å². The van der Waals surface area contributed by atoms with Gasteiger partial charge in [0.25, 0.3) is 0 Å². The van der Waals surface area contributed by atoms with Gasteiger partial charge in [0.1, 0.15) is 11.6 Å². The van der Waals surface area contributed by atoms with Gasteiger partial charge in [-0.1, -0.05) is 45.0 Å². The molecule has 0 saturated heterocycles. The van der Waals surface area contributed by atoms with Crippen LogP contribution < -0.4 is 0 Å². The van der Waals surface area contributed by atoms with Crippen LogP contribution in [0.3, 0.4) is 0 Å². The number of H-pyrrole nitrogens is 1. The van der Waals surface area contributed by atoms with Gasteiger partial charge in [0.15, 0.2) is 8.32 Å². The number of nitrogens with one attached hydrogen (secondary N) is 1. The predicted molar refractivity (Wildman–Crippen MR) is 147 cm³/mol. The molecule has 1 aromatic carbocycles. The van der Waals surface area contributed by atoms with E-state index in [4.69, 9.17) is 14.6 Å². The first-order chi connectivity index (χ1) is 16.4. The summed E-state index contributed by atoms with van der Waals surface area (Å²) in [7, 11) is -1.79. The number of aromatic nitrogens is 5. The molecule has 0 radical (unpaired) electrons. The monoisotopic (exact) mass is 509 g/mol. The van der Waals surface area contributed by atoms with E-state index in [9.17, 15) is 0 Å². The second-order valence-electron chi connectivity index (χ2n) is 12.2. The van der Waals surface area contributed by atoms with E-state index in [0.717, 1.165) is 61.1 Å². The molecule has 1 N–H and O–H groups in total. The molecular weight excluding hydrogens is 470 g/mol. The van der Waals surface area contributed by atoms with Gasteiger partial charge in [-0.2, -0.15) is 16.9 Å². The Kier molecular flexibility index (Phi) is 6.08. The number of fused-ring (bicyclic) bond motifs is 1. The third-order valence-corrected chi connectivity index (χ3v) is 14.3. The predicted octanol–water partition coefficient (Wildman–Crippen LogP) is 6.13.